The molecule has 3 nitrogen and oxygen atoms in total. The van der Waals surface area contributed by atoms with Crippen molar-refractivity contribution in [2.75, 3.05) is 10.6 Å². The Morgan fingerprint density at radius 2 is 1.96 bits per heavy atom. The molecular weight excluding hydrogens is 308 g/mol. The molecule has 2 aromatic carbocycles. The van der Waals surface area contributed by atoms with Gasteiger partial charge in [0.05, 0.1) is 0 Å². The number of nitrogens with one attached hydrogen (secondary N) is 2. The smallest absolute Gasteiger partial charge is 0.246 e. The van der Waals surface area contributed by atoms with Gasteiger partial charge in [-0.15, -0.1) is 0 Å². The number of fused-ring (bicyclic) bond motifs is 1. The van der Waals surface area contributed by atoms with Crippen molar-refractivity contribution >= 4 is 28.9 Å². The van der Waals surface area contributed by atoms with E-state index in [0.29, 0.717) is 5.02 Å². The number of benzene rings is 2. The molecule has 4 heteroatoms. The molecule has 0 radical (unpaired) electrons. The Bertz CT molecular complexity index is 742. The van der Waals surface area contributed by atoms with E-state index < -0.39 is 0 Å². The first-order chi connectivity index (χ1) is 11.0. The number of hydrogen-bond acceptors (Lipinski definition) is 2. The fourth-order valence-electron chi connectivity index (χ4n) is 2.96. The maximum Gasteiger partial charge on any atom is 0.246 e. The molecule has 0 heterocycles. The van der Waals surface area contributed by atoms with E-state index in [-0.39, 0.29) is 11.9 Å². The van der Waals surface area contributed by atoms with Crippen molar-refractivity contribution < 1.29 is 4.79 Å². The zero-order valence-corrected chi connectivity index (χ0v) is 14.2. The van der Waals surface area contributed by atoms with Crippen LogP contribution in [0.3, 0.4) is 0 Å². The third-order valence-corrected chi connectivity index (χ3v) is 4.81. The van der Waals surface area contributed by atoms with Crippen LogP contribution < -0.4 is 10.6 Å². The molecule has 0 saturated heterocycles. The summed E-state index contributed by atoms with van der Waals surface area (Å²) in [5.74, 6) is -0.0733. The molecule has 1 amide bonds. The normalized spacial score (nSPS) is 14.2. The number of carbonyl (C=O) groups is 1. The molecule has 1 atom stereocenters. The Morgan fingerprint density at radius 1 is 1.17 bits per heavy atom. The van der Waals surface area contributed by atoms with E-state index in [4.69, 9.17) is 11.6 Å². The lowest BCUT2D eigenvalue weighted by molar-refractivity contribution is -0.116. The lowest BCUT2D eigenvalue weighted by Crippen LogP contribution is -2.32. The number of halogens is 1. The van der Waals surface area contributed by atoms with Crippen LogP contribution in [0.4, 0.5) is 11.4 Å². The van der Waals surface area contributed by atoms with Crippen LogP contribution in [0, 0.1) is 6.92 Å². The maximum atomic E-state index is 12.4. The Balaban J connectivity index is 1.67. The molecule has 3 rings (SSSR count). The Labute approximate surface area is 142 Å². The molecule has 120 valence electrons. The summed E-state index contributed by atoms with van der Waals surface area (Å²) in [5.41, 5.74) is 5.46. The topological polar surface area (TPSA) is 41.1 Å². The van der Waals surface area contributed by atoms with Crippen LogP contribution in [-0.2, 0) is 17.6 Å². The van der Waals surface area contributed by atoms with Gasteiger partial charge in [-0.2, -0.15) is 0 Å². The van der Waals surface area contributed by atoms with Gasteiger partial charge in [-0.05, 0) is 74.1 Å². The molecule has 0 saturated carbocycles. The maximum absolute atomic E-state index is 12.4. The molecular formula is C19H21ClN2O. The zero-order chi connectivity index (χ0) is 16.4. The summed E-state index contributed by atoms with van der Waals surface area (Å²) in [6.45, 7) is 3.76. The number of rotatable bonds is 4. The fraction of sp³-hybridized carbons (Fsp3) is 0.316. The predicted molar refractivity (Wildman–Crippen MR) is 96.4 cm³/mol. The minimum absolute atomic E-state index is 0.0733. The summed E-state index contributed by atoms with van der Waals surface area (Å²) in [4.78, 5) is 12.4. The second kappa shape index (κ2) is 6.63. The highest BCUT2D eigenvalue weighted by Crippen LogP contribution is 2.26. The van der Waals surface area contributed by atoms with E-state index in [1.54, 1.807) is 0 Å². The van der Waals surface area contributed by atoms with E-state index in [2.05, 4.69) is 28.8 Å². The molecule has 1 aliphatic carbocycles. The average Bonchev–Trinajstić information content (AvgIpc) is 2.99. The molecule has 0 aliphatic heterocycles. The van der Waals surface area contributed by atoms with Crippen LogP contribution in [0.2, 0.25) is 5.02 Å². The highest BCUT2D eigenvalue weighted by Gasteiger charge is 2.16. The predicted octanol–water partition coefficient (Wildman–Crippen LogP) is 4.58. The molecule has 0 spiro atoms. The highest BCUT2D eigenvalue weighted by molar-refractivity contribution is 6.31. The van der Waals surface area contributed by atoms with Crippen LogP contribution in [-0.4, -0.2) is 11.9 Å². The average molecular weight is 329 g/mol. The molecule has 0 fully saturated rings. The lowest BCUT2D eigenvalue weighted by atomic mass is 10.1. The quantitative estimate of drug-likeness (QED) is 0.862. The summed E-state index contributed by atoms with van der Waals surface area (Å²) in [6, 6.07) is 11.6. The second-order valence-corrected chi connectivity index (χ2v) is 6.51. The van der Waals surface area contributed by atoms with Crippen LogP contribution in [0.5, 0.6) is 0 Å². The van der Waals surface area contributed by atoms with Crippen LogP contribution in [0.15, 0.2) is 36.4 Å². The van der Waals surface area contributed by atoms with Gasteiger partial charge in [0.2, 0.25) is 5.91 Å². The van der Waals surface area contributed by atoms with Gasteiger partial charge in [-0.25, -0.2) is 0 Å². The largest absolute Gasteiger partial charge is 0.374 e. The van der Waals surface area contributed by atoms with E-state index in [1.165, 1.54) is 24.0 Å². The van der Waals surface area contributed by atoms with Gasteiger partial charge >= 0.3 is 0 Å². The van der Waals surface area contributed by atoms with E-state index in [0.717, 1.165) is 23.4 Å². The molecule has 0 aromatic heterocycles. The monoisotopic (exact) mass is 328 g/mol. The van der Waals surface area contributed by atoms with Gasteiger partial charge in [0.15, 0.2) is 0 Å². The van der Waals surface area contributed by atoms with Gasteiger partial charge in [0.1, 0.15) is 6.04 Å². The van der Waals surface area contributed by atoms with Crippen molar-refractivity contribution in [1.82, 2.24) is 0 Å². The Kier molecular flexibility index (Phi) is 4.58. The summed E-state index contributed by atoms with van der Waals surface area (Å²) >= 11 is 6.09. The Hall–Kier alpha value is -2.00. The van der Waals surface area contributed by atoms with E-state index >= 15 is 0 Å². The van der Waals surface area contributed by atoms with Crippen molar-refractivity contribution in [1.29, 1.82) is 0 Å². The van der Waals surface area contributed by atoms with Crippen molar-refractivity contribution in [3.63, 3.8) is 0 Å². The zero-order valence-electron chi connectivity index (χ0n) is 13.4. The van der Waals surface area contributed by atoms with Crippen LogP contribution in [0.1, 0.15) is 30.0 Å². The summed E-state index contributed by atoms with van der Waals surface area (Å²) in [6.07, 6.45) is 3.52. The summed E-state index contributed by atoms with van der Waals surface area (Å²) < 4.78 is 0. The van der Waals surface area contributed by atoms with Gasteiger partial charge in [0.25, 0.3) is 0 Å². The lowest BCUT2D eigenvalue weighted by Gasteiger charge is -2.17. The minimum atomic E-state index is -0.326. The highest BCUT2D eigenvalue weighted by atomic mass is 35.5. The first-order valence-corrected chi connectivity index (χ1v) is 8.36. The number of carbonyl (C=O) groups excluding carboxylic acids is 1. The third-order valence-electron chi connectivity index (χ3n) is 4.40. The minimum Gasteiger partial charge on any atom is -0.374 e. The molecule has 1 aliphatic rings. The molecule has 2 N–H and O–H groups in total. The van der Waals surface area contributed by atoms with Gasteiger partial charge in [-0.1, -0.05) is 23.7 Å². The number of anilines is 2. The molecule has 23 heavy (non-hydrogen) atoms. The number of aryl methyl sites for hydroxylation is 2. The van der Waals surface area contributed by atoms with Crippen LogP contribution >= 0.6 is 11.6 Å². The number of amides is 1. The standard InChI is InChI=1S/C19H21ClN2O/c1-12-17(20)7-4-8-18(12)22-19(23)13(2)21-16-10-9-14-5-3-6-15(14)11-16/h4,7-11,13,21H,3,5-6H2,1-2H3,(H,22,23)/t13-/m1/s1. The molecule has 0 unspecified atom stereocenters. The second-order valence-electron chi connectivity index (χ2n) is 6.10. The number of hydrogen-bond donors (Lipinski definition) is 2. The summed E-state index contributed by atoms with van der Waals surface area (Å²) in [5, 5.41) is 6.87. The van der Waals surface area contributed by atoms with Crippen molar-refractivity contribution in [2.24, 2.45) is 0 Å². The first-order valence-electron chi connectivity index (χ1n) is 7.99. The first kappa shape index (κ1) is 15.9. The fourth-order valence-corrected chi connectivity index (χ4v) is 3.14. The van der Waals surface area contributed by atoms with Crippen LogP contribution in [0.25, 0.3) is 0 Å². The Morgan fingerprint density at radius 3 is 2.78 bits per heavy atom. The van der Waals surface area contributed by atoms with Crippen molar-refractivity contribution in [3.8, 4) is 0 Å². The molecule has 0 bridgehead atoms. The van der Waals surface area contributed by atoms with Gasteiger partial charge < -0.3 is 10.6 Å². The molecule has 2 aromatic rings. The SMILES string of the molecule is Cc1c(Cl)cccc1NC(=O)[C@@H](C)Nc1ccc2c(c1)CCC2. The van der Waals surface area contributed by atoms with E-state index in [9.17, 15) is 4.79 Å². The van der Waals surface area contributed by atoms with Gasteiger partial charge in [0, 0.05) is 16.4 Å². The van der Waals surface area contributed by atoms with Crippen molar-refractivity contribution in [2.45, 2.75) is 39.2 Å². The van der Waals surface area contributed by atoms with Gasteiger partial charge in [-0.3, -0.25) is 4.79 Å². The third kappa shape index (κ3) is 3.50. The van der Waals surface area contributed by atoms with Crippen molar-refractivity contribution in [3.05, 3.63) is 58.1 Å². The van der Waals surface area contributed by atoms with E-state index in [1.807, 2.05) is 32.0 Å². The summed E-state index contributed by atoms with van der Waals surface area (Å²) in [7, 11) is 0.